The molecule has 0 spiro atoms. The van der Waals surface area contributed by atoms with E-state index in [1.165, 1.54) is 25.2 Å². The summed E-state index contributed by atoms with van der Waals surface area (Å²) in [4.78, 5) is 0. The molecule has 0 aliphatic carbocycles. The molecule has 3 nitrogen and oxygen atoms in total. The third-order valence-corrected chi connectivity index (χ3v) is 7.48. The Morgan fingerprint density at radius 2 is 2.10 bits per heavy atom. The van der Waals surface area contributed by atoms with Crippen LogP contribution in [0.4, 0.5) is 4.39 Å². The molecule has 0 fully saturated rings. The van der Waals surface area contributed by atoms with E-state index in [0.29, 0.717) is 4.47 Å². The lowest BCUT2D eigenvalue weighted by Crippen LogP contribution is -2.26. The van der Waals surface area contributed by atoms with Gasteiger partial charge in [-0.25, -0.2) is 12.8 Å². The van der Waals surface area contributed by atoms with Gasteiger partial charge in [0.05, 0.1) is 0 Å². The van der Waals surface area contributed by atoms with E-state index in [4.69, 9.17) is 11.6 Å². The number of hydrogen-bond acceptors (Lipinski definition) is 3. The molecule has 108 valence electrons. The monoisotopic (exact) mass is 397 g/mol. The van der Waals surface area contributed by atoms with Crippen LogP contribution in [0.5, 0.6) is 0 Å². The Morgan fingerprint density at radius 1 is 1.40 bits per heavy atom. The highest BCUT2D eigenvalue weighted by atomic mass is 79.9. The number of hydrogen-bond donors (Lipinski definition) is 0. The first-order valence-electron chi connectivity index (χ1n) is 5.46. The van der Waals surface area contributed by atoms with Gasteiger partial charge in [-0.2, -0.15) is 4.31 Å². The van der Waals surface area contributed by atoms with Gasteiger partial charge in [0.25, 0.3) is 10.0 Å². The summed E-state index contributed by atoms with van der Waals surface area (Å²) in [5.74, 6) is -0.523. The van der Waals surface area contributed by atoms with Gasteiger partial charge in [0.1, 0.15) is 10.0 Å². The second kappa shape index (κ2) is 6.11. The maximum Gasteiger partial charge on any atom is 0.253 e. The van der Waals surface area contributed by atoms with Gasteiger partial charge in [-0.15, -0.1) is 11.3 Å². The average Bonchev–Trinajstić information content (AvgIpc) is 2.80. The molecule has 1 aromatic carbocycles. The van der Waals surface area contributed by atoms with Crippen LogP contribution in [0.3, 0.4) is 0 Å². The van der Waals surface area contributed by atoms with Gasteiger partial charge < -0.3 is 0 Å². The van der Waals surface area contributed by atoms with Gasteiger partial charge in [0.15, 0.2) is 0 Å². The van der Waals surface area contributed by atoms with Crippen molar-refractivity contribution in [1.29, 1.82) is 0 Å². The molecular formula is C12H10BrClFNO2S2. The van der Waals surface area contributed by atoms with E-state index in [0.717, 1.165) is 15.6 Å². The Hall–Kier alpha value is -0.470. The second-order valence-electron chi connectivity index (χ2n) is 4.02. The number of sulfonamides is 1. The maximum atomic E-state index is 13.7. The van der Waals surface area contributed by atoms with Crippen molar-refractivity contribution < 1.29 is 12.8 Å². The molecule has 2 rings (SSSR count). The van der Waals surface area contributed by atoms with E-state index in [-0.39, 0.29) is 21.3 Å². The van der Waals surface area contributed by atoms with Crippen LogP contribution in [0.15, 0.2) is 38.3 Å². The summed E-state index contributed by atoms with van der Waals surface area (Å²) < 4.78 is 40.2. The zero-order valence-electron chi connectivity index (χ0n) is 10.3. The summed E-state index contributed by atoms with van der Waals surface area (Å²) in [6, 6.07) is 5.91. The predicted molar refractivity (Wildman–Crippen MR) is 82.1 cm³/mol. The minimum Gasteiger partial charge on any atom is -0.207 e. The molecule has 20 heavy (non-hydrogen) atoms. The number of benzene rings is 1. The van der Waals surface area contributed by atoms with Crippen LogP contribution in [0.1, 0.15) is 5.56 Å². The first-order valence-corrected chi connectivity index (χ1v) is 8.95. The minimum atomic E-state index is -3.68. The van der Waals surface area contributed by atoms with Crippen molar-refractivity contribution in [2.45, 2.75) is 10.8 Å². The first-order chi connectivity index (χ1) is 9.34. The van der Waals surface area contributed by atoms with E-state index in [2.05, 4.69) is 15.9 Å². The lowest BCUT2D eigenvalue weighted by molar-refractivity contribution is 0.458. The zero-order valence-corrected chi connectivity index (χ0v) is 14.3. The molecule has 0 bridgehead atoms. The molecule has 0 atom stereocenters. The molecule has 0 saturated heterocycles. The number of nitrogens with zero attached hydrogens (tertiary/aromatic N) is 1. The van der Waals surface area contributed by atoms with Crippen LogP contribution in [0.2, 0.25) is 5.02 Å². The molecule has 2 aromatic rings. The van der Waals surface area contributed by atoms with Gasteiger partial charge in [0.2, 0.25) is 0 Å². The van der Waals surface area contributed by atoms with Crippen molar-refractivity contribution in [3.8, 4) is 0 Å². The topological polar surface area (TPSA) is 37.4 Å². The van der Waals surface area contributed by atoms with Gasteiger partial charge in [-0.1, -0.05) is 17.7 Å². The van der Waals surface area contributed by atoms with Gasteiger partial charge >= 0.3 is 0 Å². The van der Waals surface area contributed by atoms with E-state index in [1.54, 1.807) is 11.4 Å². The van der Waals surface area contributed by atoms with Crippen LogP contribution in [0, 0.1) is 5.82 Å². The third-order valence-electron chi connectivity index (χ3n) is 2.67. The summed E-state index contributed by atoms with van der Waals surface area (Å²) in [5, 5.41) is 1.87. The predicted octanol–water partition coefficient (Wildman–Crippen LogP) is 4.12. The normalized spacial score (nSPS) is 12.1. The molecule has 1 heterocycles. The van der Waals surface area contributed by atoms with Crippen LogP contribution in [-0.2, 0) is 16.6 Å². The fourth-order valence-corrected chi connectivity index (χ4v) is 5.46. The highest BCUT2D eigenvalue weighted by Crippen LogP contribution is 2.31. The molecule has 1 aromatic heterocycles. The van der Waals surface area contributed by atoms with Gasteiger partial charge in [-0.05, 0) is 39.5 Å². The van der Waals surface area contributed by atoms with Crippen molar-refractivity contribution in [1.82, 2.24) is 4.31 Å². The average molecular weight is 399 g/mol. The Labute approximate surface area is 134 Å². The molecular weight excluding hydrogens is 389 g/mol. The number of rotatable bonds is 4. The number of thiophene rings is 1. The Bertz CT molecular complexity index is 713. The van der Waals surface area contributed by atoms with E-state index in [9.17, 15) is 12.8 Å². The molecule has 0 amide bonds. The summed E-state index contributed by atoms with van der Waals surface area (Å²) in [7, 11) is -2.29. The Morgan fingerprint density at radius 3 is 2.65 bits per heavy atom. The quantitative estimate of drug-likeness (QED) is 0.777. The van der Waals surface area contributed by atoms with Gasteiger partial charge in [-0.3, -0.25) is 0 Å². The zero-order chi connectivity index (χ0) is 14.9. The standard InChI is InChI=1S/C12H10BrClFNO2S2/c1-16(7-8-10(14)3-2-4-11(8)15)20(17,18)12-9(13)5-6-19-12/h2-6H,7H2,1H3. The van der Waals surface area contributed by atoms with Crippen molar-refractivity contribution >= 4 is 48.9 Å². The highest BCUT2D eigenvalue weighted by molar-refractivity contribution is 9.10. The fraction of sp³-hybridized carbons (Fsp3) is 0.167. The summed E-state index contributed by atoms with van der Waals surface area (Å²) in [5.41, 5.74) is 0.160. The molecule has 0 aliphatic rings. The van der Waals surface area contributed by atoms with Crippen molar-refractivity contribution in [3.05, 3.63) is 50.5 Å². The third kappa shape index (κ3) is 3.07. The van der Waals surface area contributed by atoms with Crippen molar-refractivity contribution in [2.75, 3.05) is 7.05 Å². The largest absolute Gasteiger partial charge is 0.253 e. The van der Waals surface area contributed by atoms with Crippen molar-refractivity contribution in [3.63, 3.8) is 0 Å². The maximum absolute atomic E-state index is 13.7. The molecule has 0 N–H and O–H groups in total. The van der Waals surface area contributed by atoms with E-state index in [1.807, 2.05) is 0 Å². The van der Waals surface area contributed by atoms with Gasteiger partial charge in [0, 0.05) is 28.7 Å². The first kappa shape index (κ1) is 15.9. The SMILES string of the molecule is CN(Cc1c(F)cccc1Cl)S(=O)(=O)c1sccc1Br. The molecule has 0 aliphatic heterocycles. The lowest BCUT2D eigenvalue weighted by atomic mass is 10.2. The van der Waals surface area contributed by atoms with Crippen LogP contribution in [0.25, 0.3) is 0 Å². The summed E-state index contributed by atoms with van der Waals surface area (Å²) in [6.45, 7) is -0.127. The Balaban J connectivity index is 2.33. The smallest absolute Gasteiger partial charge is 0.207 e. The Kier molecular flexibility index (Phi) is 4.86. The lowest BCUT2D eigenvalue weighted by Gasteiger charge is -2.17. The van der Waals surface area contributed by atoms with Crippen molar-refractivity contribution in [2.24, 2.45) is 0 Å². The van der Waals surface area contributed by atoms with E-state index < -0.39 is 15.8 Å². The highest BCUT2D eigenvalue weighted by Gasteiger charge is 2.26. The molecule has 0 saturated carbocycles. The van der Waals surface area contributed by atoms with E-state index >= 15 is 0 Å². The second-order valence-corrected chi connectivity index (χ2v) is 8.44. The van der Waals surface area contributed by atoms with Crippen LogP contribution in [-0.4, -0.2) is 19.8 Å². The molecule has 8 heteroatoms. The molecule has 0 unspecified atom stereocenters. The fourth-order valence-electron chi connectivity index (χ4n) is 1.60. The van der Waals surface area contributed by atoms with Crippen LogP contribution >= 0.6 is 38.9 Å². The minimum absolute atomic E-state index is 0.127. The summed E-state index contributed by atoms with van der Waals surface area (Å²) in [6.07, 6.45) is 0. The van der Waals surface area contributed by atoms with Crippen LogP contribution < -0.4 is 0 Å². The molecule has 0 radical (unpaired) electrons. The summed E-state index contributed by atoms with van der Waals surface area (Å²) >= 11 is 10.2. The number of halogens is 3.